The number of rotatable bonds is 4. The summed E-state index contributed by atoms with van der Waals surface area (Å²) >= 11 is 5.83. The molecule has 0 aliphatic carbocycles. The van der Waals surface area contributed by atoms with E-state index in [0.29, 0.717) is 22.4 Å². The maximum Gasteiger partial charge on any atom is 0.277 e. The zero-order valence-corrected chi connectivity index (χ0v) is 12.8. The Balaban J connectivity index is 1.66. The lowest BCUT2D eigenvalue weighted by atomic mass is 10.3. The highest BCUT2D eigenvalue weighted by atomic mass is 35.5. The maximum absolute atomic E-state index is 12.0. The van der Waals surface area contributed by atoms with Gasteiger partial charge in [-0.1, -0.05) is 16.8 Å². The van der Waals surface area contributed by atoms with Crippen molar-refractivity contribution in [3.05, 3.63) is 59.2 Å². The normalized spacial score (nSPS) is 10.3. The molecule has 2 aromatic heterocycles. The summed E-state index contributed by atoms with van der Waals surface area (Å²) in [5, 5.41) is 9.97. The number of hydrogen-bond donors (Lipinski definition) is 2. The van der Waals surface area contributed by atoms with Crippen molar-refractivity contribution in [1.82, 2.24) is 15.1 Å². The van der Waals surface area contributed by atoms with Crippen LogP contribution in [0.3, 0.4) is 0 Å². The summed E-state index contributed by atoms with van der Waals surface area (Å²) in [6.45, 7) is 1.74. The van der Waals surface area contributed by atoms with E-state index in [1.807, 2.05) is 12.1 Å². The number of nitrogens with zero attached hydrogens (tertiary/aromatic N) is 3. The van der Waals surface area contributed by atoms with E-state index in [9.17, 15) is 4.79 Å². The van der Waals surface area contributed by atoms with Crippen LogP contribution in [0.4, 0.5) is 17.3 Å². The Hall–Kier alpha value is -2.93. The molecule has 0 aliphatic rings. The third kappa shape index (κ3) is 3.83. The van der Waals surface area contributed by atoms with E-state index in [-0.39, 0.29) is 5.69 Å². The minimum Gasteiger partial charge on any atom is -0.360 e. The quantitative estimate of drug-likeness (QED) is 0.761. The summed E-state index contributed by atoms with van der Waals surface area (Å²) in [5.74, 6) is 1.04. The first-order chi connectivity index (χ1) is 11.1. The molecule has 1 amide bonds. The molecule has 0 unspecified atom stereocenters. The fraction of sp³-hybridized carbons (Fsp3) is 0.0667. The molecule has 8 heteroatoms. The van der Waals surface area contributed by atoms with E-state index >= 15 is 0 Å². The summed E-state index contributed by atoms with van der Waals surface area (Å²) in [6.07, 6.45) is 2.85. The van der Waals surface area contributed by atoms with E-state index in [1.165, 1.54) is 12.4 Å². The smallest absolute Gasteiger partial charge is 0.277 e. The van der Waals surface area contributed by atoms with Gasteiger partial charge in [0.1, 0.15) is 17.3 Å². The van der Waals surface area contributed by atoms with Crippen molar-refractivity contribution >= 4 is 34.8 Å². The average Bonchev–Trinajstić information content (AvgIpc) is 2.95. The van der Waals surface area contributed by atoms with Crippen LogP contribution in [-0.4, -0.2) is 21.0 Å². The van der Waals surface area contributed by atoms with Crippen LogP contribution >= 0.6 is 11.6 Å². The minimum atomic E-state index is -0.413. The predicted octanol–water partition coefficient (Wildman–Crippen LogP) is 3.42. The second-order valence-corrected chi connectivity index (χ2v) is 5.13. The molecule has 0 aliphatic heterocycles. The molecule has 23 heavy (non-hydrogen) atoms. The standard InChI is InChI=1S/C15H12ClN5O2/c1-9-6-13(21-23-9)20-15(22)12-7-18-14(8-17-12)19-11-4-2-10(16)3-5-11/h2-8H,1H3,(H,18,19)(H,20,21,22). The summed E-state index contributed by atoms with van der Waals surface area (Å²) in [6, 6.07) is 8.77. The fourth-order valence-corrected chi connectivity index (χ4v) is 1.92. The van der Waals surface area contributed by atoms with Crippen LogP contribution < -0.4 is 10.6 Å². The van der Waals surface area contributed by atoms with E-state index in [1.54, 1.807) is 25.1 Å². The summed E-state index contributed by atoms with van der Waals surface area (Å²) in [5.41, 5.74) is 0.992. The van der Waals surface area contributed by atoms with E-state index < -0.39 is 5.91 Å². The molecule has 3 rings (SSSR count). The second-order valence-electron chi connectivity index (χ2n) is 4.70. The second kappa shape index (κ2) is 6.45. The van der Waals surface area contributed by atoms with E-state index in [0.717, 1.165) is 5.69 Å². The third-order valence-corrected chi connectivity index (χ3v) is 3.12. The number of halogens is 1. The molecule has 0 spiro atoms. The van der Waals surface area contributed by atoms with Crippen LogP contribution in [0.1, 0.15) is 16.2 Å². The molecule has 3 aromatic rings. The van der Waals surface area contributed by atoms with Crippen molar-refractivity contribution in [2.75, 3.05) is 10.6 Å². The number of anilines is 3. The van der Waals surface area contributed by atoms with Crippen molar-refractivity contribution < 1.29 is 9.32 Å². The molecular weight excluding hydrogens is 318 g/mol. The number of benzene rings is 1. The first-order valence-electron chi connectivity index (χ1n) is 6.69. The summed E-state index contributed by atoms with van der Waals surface area (Å²) in [4.78, 5) is 20.2. The Morgan fingerprint density at radius 2 is 1.91 bits per heavy atom. The van der Waals surface area contributed by atoms with Gasteiger partial charge in [-0.15, -0.1) is 0 Å². The molecule has 0 fully saturated rings. The number of aromatic nitrogens is 3. The van der Waals surface area contributed by atoms with Gasteiger partial charge in [-0.3, -0.25) is 4.79 Å². The Labute approximate surface area is 136 Å². The number of carbonyl (C=O) groups is 1. The lowest BCUT2D eigenvalue weighted by Crippen LogP contribution is -2.14. The fourth-order valence-electron chi connectivity index (χ4n) is 1.80. The molecule has 2 N–H and O–H groups in total. The molecule has 7 nitrogen and oxygen atoms in total. The summed E-state index contributed by atoms with van der Waals surface area (Å²) in [7, 11) is 0. The molecule has 2 heterocycles. The maximum atomic E-state index is 12.0. The third-order valence-electron chi connectivity index (χ3n) is 2.87. The number of amides is 1. The Kier molecular flexibility index (Phi) is 4.20. The van der Waals surface area contributed by atoms with Crippen LogP contribution in [0.2, 0.25) is 5.02 Å². The molecule has 0 saturated heterocycles. The summed E-state index contributed by atoms with van der Waals surface area (Å²) < 4.78 is 4.87. The van der Waals surface area contributed by atoms with Gasteiger partial charge in [-0.2, -0.15) is 0 Å². The predicted molar refractivity (Wildman–Crippen MR) is 86.0 cm³/mol. The monoisotopic (exact) mass is 329 g/mol. The van der Waals surface area contributed by atoms with Crippen LogP contribution in [0.5, 0.6) is 0 Å². The molecule has 0 saturated carbocycles. The van der Waals surface area contributed by atoms with Crippen LogP contribution in [0, 0.1) is 6.92 Å². The van der Waals surface area contributed by atoms with Crippen molar-refractivity contribution in [2.45, 2.75) is 6.92 Å². The van der Waals surface area contributed by atoms with Crippen LogP contribution in [0.25, 0.3) is 0 Å². The van der Waals surface area contributed by atoms with Gasteiger partial charge in [-0.25, -0.2) is 9.97 Å². The minimum absolute atomic E-state index is 0.173. The van der Waals surface area contributed by atoms with Crippen LogP contribution in [0.15, 0.2) is 47.2 Å². The molecule has 116 valence electrons. The Morgan fingerprint density at radius 3 is 2.52 bits per heavy atom. The Morgan fingerprint density at radius 1 is 1.13 bits per heavy atom. The number of carbonyl (C=O) groups excluding carboxylic acids is 1. The highest BCUT2D eigenvalue weighted by Gasteiger charge is 2.11. The number of nitrogens with one attached hydrogen (secondary N) is 2. The Bertz CT molecular complexity index is 815. The molecule has 0 atom stereocenters. The van der Waals surface area contributed by atoms with Gasteiger partial charge in [0.15, 0.2) is 5.82 Å². The lowest BCUT2D eigenvalue weighted by Gasteiger charge is -2.06. The topological polar surface area (TPSA) is 92.9 Å². The van der Waals surface area contributed by atoms with Crippen LogP contribution in [-0.2, 0) is 0 Å². The van der Waals surface area contributed by atoms with E-state index in [4.69, 9.17) is 16.1 Å². The number of hydrogen-bond acceptors (Lipinski definition) is 6. The number of aryl methyl sites for hydroxylation is 1. The van der Waals surface area contributed by atoms with Gasteiger partial charge in [-0.05, 0) is 31.2 Å². The first-order valence-corrected chi connectivity index (χ1v) is 7.07. The van der Waals surface area contributed by atoms with Crippen molar-refractivity contribution in [3.8, 4) is 0 Å². The van der Waals surface area contributed by atoms with Gasteiger partial charge in [0.05, 0.1) is 12.4 Å². The molecular formula is C15H12ClN5O2. The van der Waals surface area contributed by atoms with Gasteiger partial charge < -0.3 is 15.2 Å². The average molecular weight is 330 g/mol. The van der Waals surface area contributed by atoms with Crippen molar-refractivity contribution in [2.24, 2.45) is 0 Å². The van der Waals surface area contributed by atoms with Crippen molar-refractivity contribution in [3.63, 3.8) is 0 Å². The van der Waals surface area contributed by atoms with Crippen molar-refractivity contribution in [1.29, 1.82) is 0 Å². The molecule has 0 bridgehead atoms. The van der Waals surface area contributed by atoms with Gasteiger partial charge in [0, 0.05) is 16.8 Å². The molecule has 1 aromatic carbocycles. The SMILES string of the molecule is Cc1cc(NC(=O)c2cnc(Nc3ccc(Cl)cc3)cn2)no1. The largest absolute Gasteiger partial charge is 0.360 e. The van der Waals surface area contributed by atoms with Gasteiger partial charge >= 0.3 is 0 Å². The highest BCUT2D eigenvalue weighted by molar-refractivity contribution is 6.30. The highest BCUT2D eigenvalue weighted by Crippen LogP contribution is 2.17. The zero-order chi connectivity index (χ0) is 16.2. The lowest BCUT2D eigenvalue weighted by molar-refractivity contribution is 0.102. The van der Waals surface area contributed by atoms with Gasteiger partial charge in [0.25, 0.3) is 5.91 Å². The van der Waals surface area contributed by atoms with Gasteiger partial charge in [0.2, 0.25) is 0 Å². The first kappa shape index (κ1) is 15.0. The molecule has 0 radical (unpaired) electrons. The van der Waals surface area contributed by atoms with E-state index in [2.05, 4.69) is 25.8 Å². The zero-order valence-electron chi connectivity index (χ0n) is 12.1.